The zero-order valence-electron chi connectivity index (χ0n) is 10.2. The highest BCUT2D eigenvalue weighted by atomic mass is 32.1. The number of carbonyl (C=O) groups is 2. The molecule has 1 rings (SSSR count). The van der Waals surface area contributed by atoms with Gasteiger partial charge < -0.3 is 22.1 Å². The highest BCUT2D eigenvalue weighted by Gasteiger charge is 2.21. The van der Waals surface area contributed by atoms with Crippen LogP contribution in [0, 0.1) is 11.6 Å². The number of amides is 2. The first-order valence-electron chi connectivity index (χ1n) is 5.32. The van der Waals surface area contributed by atoms with Gasteiger partial charge in [0.05, 0.1) is 13.1 Å². The van der Waals surface area contributed by atoms with Gasteiger partial charge in [0.1, 0.15) is 22.3 Å². The summed E-state index contributed by atoms with van der Waals surface area (Å²) in [7, 11) is 0. The Morgan fingerprint density at radius 3 is 1.75 bits per heavy atom. The van der Waals surface area contributed by atoms with E-state index >= 15 is 0 Å². The van der Waals surface area contributed by atoms with Crippen LogP contribution in [-0.2, 0) is 9.59 Å². The molecule has 0 heterocycles. The van der Waals surface area contributed by atoms with E-state index < -0.39 is 42.2 Å². The third kappa shape index (κ3) is 3.85. The van der Waals surface area contributed by atoms with Crippen molar-refractivity contribution < 1.29 is 18.4 Å². The first-order chi connectivity index (χ1) is 9.22. The molecule has 0 saturated carbocycles. The zero-order chi connectivity index (χ0) is 15.4. The van der Waals surface area contributed by atoms with Crippen LogP contribution in [0.3, 0.4) is 0 Å². The van der Waals surface area contributed by atoms with Crippen molar-refractivity contribution in [3.05, 3.63) is 29.3 Å². The lowest BCUT2D eigenvalue weighted by atomic mass is 10.1. The number of nitrogens with zero attached hydrogens (tertiary/aromatic N) is 1. The molecule has 6 N–H and O–H groups in total. The van der Waals surface area contributed by atoms with Crippen molar-refractivity contribution in [3.8, 4) is 0 Å². The molecule has 0 aliphatic heterocycles. The molecule has 1 aromatic carbocycles. The molecule has 2 amide bonds. The van der Waals surface area contributed by atoms with Gasteiger partial charge in [0, 0.05) is 5.56 Å². The van der Waals surface area contributed by atoms with E-state index in [9.17, 15) is 18.4 Å². The summed E-state index contributed by atoms with van der Waals surface area (Å²) < 4.78 is 27.8. The number of hydrogen-bond acceptors (Lipinski definition) is 4. The van der Waals surface area contributed by atoms with Crippen LogP contribution < -0.4 is 22.1 Å². The predicted molar refractivity (Wildman–Crippen MR) is 72.8 cm³/mol. The number of primary amides is 2. The Hall–Kier alpha value is -2.29. The molecule has 0 atom stereocenters. The molecule has 0 bridgehead atoms. The Balaban J connectivity index is 3.28. The Bertz CT molecular complexity index is 541. The number of hydrogen-bond donors (Lipinski definition) is 3. The van der Waals surface area contributed by atoms with E-state index in [1.54, 1.807) is 0 Å². The second kappa shape index (κ2) is 6.24. The molecule has 0 saturated heterocycles. The number of nitrogens with two attached hydrogens (primary N) is 3. The van der Waals surface area contributed by atoms with Crippen molar-refractivity contribution in [2.45, 2.75) is 0 Å². The monoisotopic (exact) mass is 302 g/mol. The normalized spacial score (nSPS) is 10.1. The number of halogens is 2. The van der Waals surface area contributed by atoms with Crippen LogP contribution in [0.1, 0.15) is 5.56 Å². The third-order valence-corrected chi connectivity index (χ3v) is 2.55. The van der Waals surface area contributed by atoms with Gasteiger partial charge in [0.2, 0.25) is 11.8 Å². The molecule has 0 radical (unpaired) electrons. The van der Waals surface area contributed by atoms with Gasteiger partial charge in [-0.1, -0.05) is 12.2 Å². The number of anilines is 1. The fraction of sp³-hybridized carbons (Fsp3) is 0.182. The van der Waals surface area contributed by atoms with Gasteiger partial charge in [-0.3, -0.25) is 9.59 Å². The fourth-order valence-corrected chi connectivity index (χ4v) is 1.72. The molecule has 0 aliphatic rings. The van der Waals surface area contributed by atoms with Crippen LogP contribution in [0.15, 0.2) is 12.1 Å². The minimum Gasteiger partial charge on any atom is -0.389 e. The first kappa shape index (κ1) is 15.8. The lowest BCUT2D eigenvalue weighted by Crippen LogP contribution is -2.40. The summed E-state index contributed by atoms with van der Waals surface area (Å²) in [6.45, 7) is -1.13. The zero-order valence-corrected chi connectivity index (χ0v) is 11.0. The SMILES string of the molecule is NC(=O)CN(CC(N)=O)c1c(F)cc(C(N)=S)cc1F. The highest BCUT2D eigenvalue weighted by Crippen LogP contribution is 2.24. The van der Waals surface area contributed by atoms with Gasteiger partial charge in [0.15, 0.2) is 0 Å². The van der Waals surface area contributed by atoms with Gasteiger partial charge >= 0.3 is 0 Å². The fourth-order valence-electron chi connectivity index (χ4n) is 1.60. The quantitative estimate of drug-likeness (QED) is 0.605. The van der Waals surface area contributed by atoms with Crippen LogP contribution in [0.4, 0.5) is 14.5 Å². The van der Waals surface area contributed by atoms with E-state index in [2.05, 4.69) is 12.2 Å². The van der Waals surface area contributed by atoms with Gasteiger partial charge in [0.25, 0.3) is 0 Å². The lowest BCUT2D eigenvalue weighted by Gasteiger charge is -2.23. The van der Waals surface area contributed by atoms with Crippen LogP contribution in [-0.4, -0.2) is 29.9 Å². The maximum atomic E-state index is 13.9. The summed E-state index contributed by atoms with van der Waals surface area (Å²) in [5.74, 6) is -3.81. The van der Waals surface area contributed by atoms with Gasteiger partial charge in [-0.15, -0.1) is 0 Å². The van der Waals surface area contributed by atoms with E-state index in [-0.39, 0.29) is 10.6 Å². The van der Waals surface area contributed by atoms with E-state index in [4.69, 9.17) is 17.2 Å². The molecule has 0 aliphatic carbocycles. The molecule has 0 fully saturated rings. The Kier molecular flexibility index (Phi) is 4.92. The molecule has 0 aromatic heterocycles. The van der Waals surface area contributed by atoms with Crippen LogP contribution in [0.5, 0.6) is 0 Å². The topological polar surface area (TPSA) is 115 Å². The minimum atomic E-state index is -1.03. The lowest BCUT2D eigenvalue weighted by molar-refractivity contribution is -0.117. The van der Waals surface area contributed by atoms with Gasteiger partial charge in [-0.2, -0.15) is 0 Å². The second-order valence-corrected chi connectivity index (χ2v) is 4.38. The van der Waals surface area contributed by atoms with E-state index in [1.807, 2.05) is 0 Å². The number of thiocarbonyl (C=S) groups is 1. The van der Waals surface area contributed by atoms with Crippen molar-refractivity contribution >= 4 is 34.7 Å². The van der Waals surface area contributed by atoms with E-state index in [1.165, 1.54) is 0 Å². The maximum Gasteiger partial charge on any atom is 0.236 e. The van der Waals surface area contributed by atoms with Crippen LogP contribution >= 0.6 is 12.2 Å². The van der Waals surface area contributed by atoms with Crippen LogP contribution in [0.2, 0.25) is 0 Å². The summed E-state index contributed by atoms with van der Waals surface area (Å²) in [6, 6.07) is 1.80. The summed E-state index contributed by atoms with van der Waals surface area (Å²) in [5.41, 5.74) is 14.6. The van der Waals surface area contributed by atoms with Crippen molar-refractivity contribution in [1.29, 1.82) is 0 Å². The number of benzene rings is 1. The minimum absolute atomic E-state index is 0.0168. The Morgan fingerprint density at radius 2 is 1.45 bits per heavy atom. The predicted octanol–water partition coefficient (Wildman–Crippen LogP) is -0.624. The molecule has 6 nitrogen and oxygen atoms in total. The van der Waals surface area contributed by atoms with Gasteiger partial charge in [-0.05, 0) is 12.1 Å². The average molecular weight is 302 g/mol. The molecular formula is C11H12F2N4O2S. The standard InChI is InChI=1S/C11H12F2N4O2S/c12-6-1-5(11(16)20)2-7(13)10(6)17(3-8(14)18)4-9(15)19/h1-2H,3-4H2,(H2,14,18)(H2,15,19)(H2,16,20). The molecule has 1 aromatic rings. The summed E-state index contributed by atoms with van der Waals surface area (Å²) in [6.07, 6.45) is 0. The van der Waals surface area contributed by atoms with E-state index in [0.717, 1.165) is 17.0 Å². The second-order valence-electron chi connectivity index (χ2n) is 3.94. The largest absolute Gasteiger partial charge is 0.389 e. The molecule has 108 valence electrons. The smallest absolute Gasteiger partial charge is 0.236 e. The molecule has 9 heteroatoms. The molecule has 20 heavy (non-hydrogen) atoms. The summed E-state index contributed by atoms with van der Waals surface area (Å²) >= 11 is 4.61. The van der Waals surface area contributed by atoms with Gasteiger partial charge in [-0.25, -0.2) is 8.78 Å². The maximum absolute atomic E-state index is 13.9. The Labute approximate surface area is 118 Å². The van der Waals surface area contributed by atoms with Crippen molar-refractivity contribution in [2.75, 3.05) is 18.0 Å². The molecule has 0 spiro atoms. The van der Waals surface area contributed by atoms with Crippen molar-refractivity contribution in [2.24, 2.45) is 17.2 Å². The van der Waals surface area contributed by atoms with Crippen LogP contribution in [0.25, 0.3) is 0 Å². The first-order valence-corrected chi connectivity index (χ1v) is 5.73. The van der Waals surface area contributed by atoms with Crippen molar-refractivity contribution in [1.82, 2.24) is 0 Å². The number of rotatable bonds is 6. The molecular weight excluding hydrogens is 290 g/mol. The third-order valence-electron chi connectivity index (χ3n) is 2.31. The van der Waals surface area contributed by atoms with E-state index in [0.29, 0.717) is 0 Å². The average Bonchev–Trinajstić information content (AvgIpc) is 2.25. The summed E-state index contributed by atoms with van der Waals surface area (Å²) in [4.78, 5) is 22.4. The van der Waals surface area contributed by atoms with Crippen molar-refractivity contribution in [3.63, 3.8) is 0 Å². The Morgan fingerprint density at radius 1 is 1.05 bits per heavy atom. The number of carbonyl (C=O) groups excluding carboxylic acids is 2. The highest BCUT2D eigenvalue weighted by molar-refractivity contribution is 7.80. The summed E-state index contributed by atoms with van der Waals surface area (Å²) in [5, 5.41) is 0. The molecule has 0 unspecified atom stereocenters.